The maximum absolute atomic E-state index is 12.4. The van der Waals surface area contributed by atoms with Gasteiger partial charge in [-0.3, -0.25) is 9.47 Å². The lowest BCUT2D eigenvalue weighted by Crippen LogP contribution is -2.42. The Labute approximate surface area is 179 Å². The van der Waals surface area contributed by atoms with Gasteiger partial charge in [-0.2, -0.15) is 0 Å². The number of hydrogen-bond acceptors (Lipinski definition) is 5. The molecule has 160 valence electrons. The highest BCUT2D eigenvalue weighted by Crippen LogP contribution is 2.52. The molecule has 1 aromatic heterocycles. The molecule has 2 aliphatic heterocycles. The summed E-state index contributed by atoms with van der Waals surface area (Å²) in [4.78, 5) is 24.0. The van der Waals surface area contributed by atoms with Crippen molar-refractivity contribution < 1.29 is 19.4 Å². The van der Waals surface area contributed by atoms with E-state index >= 15 is 0 Å². The zero-order chi connectivity index (χ0) is 21.6. The molecule has 0 amide bonds. The summed E-state index contributed by atoms with van der Waals surface area (Å²) in [5, 5.41) is 12.0. The lowest BCUT2D eigenvalue weighted by atomic mass is 9.78. The third kappa shape index (κ3) is 3.36. The second-order valence-corrected chi connectivity index (χ2v) is 8.86. The number of fused-ring (bicyclic) bond motifs is 6. The number of nitrogens with zero attached hydrogens (tertiary/aromatic N) is 2. The van der Waals surface area contributed by atoms with Gasteiger partial charge in [0.2, 0.25) is 0 Å². The normalized spacial score (nSPS) is 18.5. The van der Waals surface area contributed by atoms with Crippen molar-refractivity contribution in [2.24, 2.45) is 5.41 Å². The molecule has 1 saturated heterocycles. The minimum atomic E-state index is -1.23. The first-order chi connectivity index (χ1) is 14.2. The molecule has 0 bridgehead atoms. The van der Waals surface area contributed by atoms with Crippen LogP contribution in [0.1, 0.15) is 48.7 Å². The quantitative estimate of drug-likeness (QED) is 0.701. The molecule has 8 heteroatoms. The van der Waals surface area contributed by atoms with E-state index in [0.717, 1.165) is 30.5 Å². The monoisotopic (exact) mass is 432 g/mol. The lowest BCUT2D eigenvalue weighted by Gasteiger charge is -2.42. The van der Waals surface area contributed by atoms with Gasteiger partial charge in [-0.25, -0.2) is 4.79 Å². The summed E-state index contributed by atoms with van der Waals surface area (Å²) < 4.78 is 12.8. The van der Waals surface area contributed by atoms with Crippen LogP contribution in [-0.2, 0) is 4.74 Å². The van der Waals surface area contributed by atoms with E-state index < -0.39 is 11.4 Å². The largest absolute Gasteiger partial charge is 0.492 e. The summed E-state index contributed by atoms with van der Waals surface area (Å²) in [6.07, 6.45) is 3.11. The number of pyridine rings is 1. The van der Waals surface area contributed by atoms with Crippen molar-refractivity contribution in [3.8, 4) is 17.0 Å². The molecular formula is C22H25ClN2O5. The Hall–Kier alpha value is -2.51. The minimum absolute atomic E-state index is 0.00254. The molecule has 2 aromatic rings. The molecule has 1 N–H and O–H groups in total. The highest BCUT2D eigenvalue weighted by molar-refractivity contribution is 6.32. The van der Waals surface area contributed by atoms with E-state index in [1.54, 1.807) is 7.11 Å². The van der Waals surface area contributed by atoms with E-state index in [-0.39, 0.29) is 17.0 Å². The average molecular weight is 433 g/mol. The highest BCUT2D eigenvalue weighted by atomic mass is 35.5. The molecule has 0 radical (unpaired) electrons. The van der Waals surface area contributed by atoms with Crippen molar-refractivity contribution in [3.63, 3.8) is 0 Å². The van der Waals surface area contributed by atoms with Crippen LogP contribution >= 0.6 is 11.6 Å². The first-order valence-electron chi connectivity index (χ1n) is 9.97. The fourth-order valence-corrected chi connectivity index (χ4v) is 4.71. The first-order valence-corrected chi connectivity index (χ1v) is 10.3. The summed E-state index contributed by atoms with van der Waals surface area (Å²) in [5.41, 5.74) is 1.69. The Morgan fingerprint density at radius 1 is 1.30 bits per heavy atom. The molecule has 2 aliphatic rings. The Balaban J connectivity index is 1.87. The molecule has 4 rings (SSSR count). The molecule has 30 heavy (non-hydrogen) atoms. The summed E-state index contributed by atoms with van der Waals surface area (Å²) in [5.74, 6) is -0.624. The van der Waals surface area contributed by atoms with E-state index in [4.69, 9.17) is 21.1 Å². The third-order valence-corrected chi connectivity index (χ3v) is 6.28. The Morgan fingerprint density at radius 3 is 2.77 bits per heavy atom. The van der Waals surface area contributed by atoms with Crippen LogP contribution in [0.5, 0.6) is 5.75 Å². The van der Waals surface area contributed by atoms with Crippen LogP contribution in [0.3, 0.4) is 0 Å². The van der Waals surface area contributed by atoms with Crippen molar-refractivity contribution in [1.82, 2.24) is 4.68 Å². The molecule has 0 saturated carbocycles. The fourth-order valence-electron chi connectivity index (χ4n) is 4.50. The van der Waals surface area contributed by atoms with Crippen LogP contribution in [0.4, 0.5) is 0 Å². The summed E-state index contributed by atoms with van der Waals surface area (Å²) in [6.45, 7) is 6.23. The number of carboxylic acid groups (broad SMARTS) is 1. The standard InChI is InChI=1S/C22H25ClN2O5/c1-22(2)5-6-24-20(22)14-10-19(30-8-4-7-29-3)16(23)9-13(14)17-11-18(26)15(21(27)28)12-25(17)24/h9-12,20H,4-8H2,1-3H3,(H,27,28)/t20-/m0/s1. The van der Waals surface area contributed by atoms with Crippen LogP contribution in [0.25, 0.3) is 11.3 Å². The van der Waals surface area contributed by atoms with Gasteiger partial charge in [-0.05, 0) is 29.5 Å². The van der Waals surface area contributed by atoms with E-state index in [0.29, 0.717) is 29.7 Å². The Morgan fingerprint density at radius 2 is 2.07 bits per heavy atom. The molecule has 0 spiro atoms. The van der Waals surface area contributed by atoms with E-state index in [2.05, 4.69) is 18.9 Å². The number of benzene rings is 1. The second-order valence-electron chi connectivity index (χ2n) is 8.46. The zero-order valence-electron chi connectivity index (χ0n) is 17.3. The van der Waals surface area contributed by atoms with Crippen molar-refractivity contribution in [2.75, 3.05) is 31.9 Å². The molecule has 1 atom stereocenters. The molecule has 0 unspecified atom stereocenters. The van der Waals surface area contributed by atoms with Crippen LogP contribution in [0.2, 0.25) is 5.02 Å². The number of halogens is 1. The van der Waals surface area contributed by atoms with Crippen LogP contribution in [-0.4, -0.2) is 42.6 Å². The SMILES string of the molecule is COCCCOc1cc2c(cc1Cl)-c1cc(=O)c(C(=O)O)cn1N1CCC(C)(C)[C@H]21. The average Bonchev–Trinajstić information content (AvgIpc) is 3.01. The van der Waals surface area contributed by atoms with Crippen LogP contribution in [0.15, 0.2) is 29.2 Å². The van der Waals surface area contributed by atoms with Gasteiger partial charge in [0.1, 0.15) is 11.3 Å². The molecule has 1 fully saturated rings. The van der Waals surface area contributed by atoms with Gasteiger partial charge in [0.15, 0.2) is 5.43 Å². The molecule has 1 aromatic carbocycles. The first kappa shape index (κ1) is 20.8. The maximum atomic E-state index is 12.4. The van der Waals surface area contributed by atoms with E-state index in [9.17, 15) is 14.7 Å². The number of aromatic carboxylic acids is 1. The molecular weight excluding hydrogens is 408 g/mol. The van der Waals surface area contributed by atoms with Gasteiger partial charge in [-0.1, -0.05) is 25.4 Å². The van der Waals surface area contributed by atoms with Gasteiger partial charge in [0, 0.05) is 44.5 Å². The topological polar surface area (TPSA) is 81.0 Å². The van der Waals surface area contributed by atoms with Gasteiger partial charge >= 0.3 is 5.97 Å². The smallest absolute Gasteiger partial charge is 0.341 e. The zero-order valence-corrected chi connectivity index (χ0v) is 18.0. The van der Waals surface area contributed by atoms with Crippen LogP contribution < -0.4 is 15.2 Å². The summed E-state index contributed by atoms with van der Waals surface area (Å²) in [7, 11) is 1.65. The van der Waals surface area contributed by atoms with Gasteiger partial charge in [0.05, 0.1) is 23.4 Å². The summed E-state index contributed by atoms with van der Waals surface area (Å²) >= 11 is 6.52. The van der Waals surface area contributed by atoms with Gasteiger partial charge in [-0.15, -0.1) is 0 Å². The Kier molecular flexibility index (Phi) is 5.28. The molecule has 0 aliphatic carbocycles. The second kappa shape index (κ2) is 7.63. The van der Waals surface area contributed by atoms with Gasteiger partial charge in [0.25, 0.3) is 0 Å². The maximum Gasteiger partial charge on any atom is 0.341 e. The molecule has 7 nitrogen and oxygen atoms in total. The number of carboxylic acids is 1. The van der Waals surface area contributed by atoms with Crippen molar-refractivity contribution in [2.45, 2.75) is 32.7 Å². The number of ether oxygens (including phenoxy) is 2. The number of rotatable bonds is 6. The number of hydrogen-bond donors (Lipinski definition) is 1. The highest BCUT2D eigenvalue weighted by Gasteiger charge is 2.46. The Bertz CT molecular complexity index is 1060. The van der Waals surface area contributed by atoms with Crippen molar-refractivity contribution in [1.29, 1.82) is 0 Å². The van der Waals surface area contributed by atoms with Crippen molar-refractivity contribution in [3.05, 3.63) is 50.8 Å². The van der Waals surface area contributed by atoms with Gasteiger partial charge < -0.3 is 19.6 Å². The summed E-state index contributed by atoms with van der Waals surface area (Å²) in [6, 6.07) is 5.18. The van der Waals surface area contributed by atoms with E-state index in [1.165, 1.54) is 12.3 Å². The van der Waals surface area contributed by atoms with E-state index in [1.807, 2.05) is 16.8 Å². The lowest BCUT2D eigenvalue weighted by molar-refractivity contribution is 0.0694. The number of carbonyl (C=O) groups is 1. The number of aromatic nitrogens is 1. The fraction of sp³-hybridized carbons (Fsp3) is 0.455. The van der Waals surface area contributed by atoms with Crippen molar-refractivity contribution >= 4 is 17.6 Å². The minimum Gasteiger partial charge on any atom is -0.492 e. The number of methoxy groups -OCH3 is 1. The molecule has 3 heterocycles. The predicted octanol–water partition coefficient (Wildman–Crippen LogP) is 3.70. The van der Waals surface area contributed by atoms with Crippen LogP contribution in [0, 0.1) is 5.41 Å². The predicted molar refractivity (Wildman–Crippen MR) is 114 cm³/mol. The third-order valence-electron chi connectivity index (χ3n) is 5.99.